The molecule has 0 unspecified atom stereocenters. The molecule has 0 aliphatic heterocycles. The van der Waals surface area contributed by atoms with Crippen molar-refractivity contribution in [2.75, 3.05) is 12.4 Å². The van der Waals surface area contributed by atoms with E-state index in [4.69, 9.17) is 0 Å². The smallest absolute Gasteiger partial charge is 0.356 e. The molecule has 0 aliphatic rings. The lowest BCUT2D eigenvalue weighted by atomic mass is 10.2. The van der Waals surface area contributed by atoms with Crippen molar-refractivity contribution in [1.82, 2.24) is 14.8 Å². The van der Waals surface area contributed by atoms with Gasteiger partial charge in [0.15, 0.2) is 0 Å². The molecule has 0 radical (unpaired) electrons. The third-order valence-corrected chi connectivity index (χ3v) is 3.91. The summed E-state index contributed by atoms with van der Waals surface area (Å²) < 4.78 is 6.40. The summed E-state index contributed by atoms with van der Waals surface area (Å²) in [6, 6.07) is 14.3. The summed E-state index contributed by atoms with van der Waals surface area (Å²) in [5.41, 5.74) is 3.20. The summed E-state index contributed by atoms with van der Waals surface area (Å²) in [5, 5.41) is 7.33. The number of aryl methyl sites for hydroxylation is 1. The molecule has 7 nitrogen and oxygen atoms in total. The molecule has 3 aromatic rings. The van der Waals surface area contributed by atoms with Crippen molar-refractivity contribution < 1.29 is 14.3 Å². The Morgan fingerprint density at radius 3 is 2.38 bits per heavy atom. The fraction of sp³-hybridized carbons (Fsp3) is 0.158. The average molecular weight is 350 g/mol. The second kappa shape index (κ2) is 7.18. The number of benzene rings is 1. The molecule has 2 heterocycles. The molecular weight excluding hydrogens is 332 g/mol. The van der Waals surface area contributed by atoms with Gasteiger partial charge in [0.05, 0.1) is 29.9 Å². The number of hydrogen-bond acceptors (Lipinski definition) is 5. The van der Waals surface area contributed by atoms with Crippen LogP contribution in [0.3, 0.4) is 0 Å². The Labute approximate surface area is 150 Å². The predicted octanol–water partition coefficient (Wildman–Crippen LogP) is 2.92. The molecule has 3 rings (SSSR count). The summed E-state index contributed by atoms with van der Waals surface area (Å²) in [6.45, 7) is 3.70. The maximum atomic E-state index is 12.6. The standard InChI is InChI=1S/C19H18N4O3/c1-12-17(13(2)23(22-12)14-8-5-4-6-9-14)21-18(24)15-10-7-11-16(20-15)19(25)26-3/h4-11H,1-3H3,(H,21,24). The van der Waals surface area contributed by atoms with Gasteiger partial charge >= 0.3 is 5.97 Å². The molecule has 0 atom stereocenters. The molecule has 0 fully saturated rings. The zero-order valence-electron chi connectivity index (χ0n) is 14.7. The number of nitrogens with one attached hydrogen (secondary N) is 1. The molecule has 132 valence electrons. The molecule has 1 amide bonds. The van der Waals surface area contributed by atoms with Crippen molar-refractivity contribution in [2.45, 2.75) is 13.8 Å². The number of pyridine rings is 1. The summed E-state index contributed by atoms with van der Waals surface area (Å²) in [7, 11) is 1.27. The Kier molecular flexibility index (Phi) is 4.79. The minimum atomic E-state index is -0.594. The number of methoxy groups -OCH3 is 1. The van der Waals surface area contributed by atoms with E-state index in [0.717, 1.165) is 11.4 Å². The zero-order valence-corrected chi connectivity index (χ0v) is 14.7. The number of nitrogens with zero attached hydrogens (tertiary/aromatic N) is 3. The summed E-state index contributed by atoms with van der Waals surface area (Å²) in [4.78, 5) is 28.2. The first-order chi connectivity index (χ1) is 12.5. The fourth-order valence-corrected chi connectivity index (χ4v) is 2.60. The molecule has 26 heavy (non-hydrogen) atoms. The molecule has 1 N–H and O–H groups in total. The van der Waals surface area contributed by atoms with E-state index in [0.29, 0.717) is 11.4 Å². The number of carbonyl (C=O) groups is 2. The van der Waals surface area contributed by atoms with Gasteiger partial charge in [0.2, 0.25) is 0 Å². The van der Waals surface area contributed by atoms with Crippen LogP contribution in [0.1, 0.15) is 32.4 Å². The van der Waals surface area contributed by atoms with E-state index < -0.39 is 11.9 Å². The highest BCUT2D eigenvalue weighted by Gasteiger charge is 2.18. The van der Waals surface area contributed by atoms with Gasteiger partial charge in [0.25, 0.3) is 5.91 Å². The van der Waals surface area contributed by atoms with E-state index in [-0.39, 0.29) is 11.4 Å². The Morgan fingerprint density at radius 2 is 1.69 bits per heavy atom. The zero-order chi connectivity index (χ0) is 18.7. The quantitative estimate of drug-likeness (QED) is 0.731. The van der Waals surface area contributed by atoms with Gasteiger partial charge in [-0.05, 0) is 38.1 Å². The molecule has 0 aliphatic carbocycles. The molecule has 0 spiro atoms. The van der Waals surface area contributed by atoms with Crippen molar-refractivity contribution in [3.63, 3.8) is 0 Å². The number of hydrogen-bond donors (Lipinski definition) is 1. The van der Waals surface area contributed by atoms with Crippen molar-refractivity contribution in [1.29, 1.82) is 0 Å². The minimum absolute atomic E-state index is 0.0774. The summed E-state index contributed by atoms with van der Waals surface area (Å²) in [5.74, 6) is -1.02. The molecule has 1 aromatic carbocycles. The van der Waals surface area contributed by atoms with Gasteiger partial charge in [-0.2, -0.15) is 5.10 Å². The highest BCUT2D eigenvalue weighted by Crippen LogP contribution is 2.23. The van der Waals surface area contributed by atoms with Gasteiger partial charge in [0, 0.05) is 0 Å². The van der Waals surface area contributed by atoms with Gasteiger partial charge in [0.1, 0.15) is 11.4 Å². The van der Waals surface area contributed by atoms with E-state index in [9.17, 15) is 9.59 Å². The van der Waals surface area contributed by atoms with Gasteiger partial charge in [-0.3, -0.25) is 4.79 Å². The lowest BCUT2D eigenvalue weighted by Gasteiger charge is -2.07. The number of esters is 1. The number of rotatable bonds is 4. The van der Waals surface area contributed by atoms with Gasteiger partial charge in [-0.1, -0.05) is 24.3 Å². The number of carbonyl (C=O) groups excluding carboxylic acids is 2. The molecule has 0 saturated heterocycles. The third-order valence-electron chi connectivity index (χ3n) is 3.91. The molecule has 0 bridgehead atoms. The van der Waals surface area contributed by atoms with Crippen molar-refractivity contribution in [3.8, 4) is 5.69 Å². The number of anilines is 1. The second-order valence-electron chi connectivity index (χ2n) is 5.65. The van der Waals surface area contributed by atoms with E-state index in [1.807, 2.05) is 44.2 Å². The normalized spacial score (nSPS) is 10.4. The SMILES string of the molecule is COC(=O)c1cccc(C(=O)Nc2c(C)nn(-c3ccccc3)c2C)n1. The van der Waals surface area contributed by atoms with Gasteiger partial charge < -0.3 is 10.1 Å². The number of para-hydroxylation sites is 1. The fourth-order valence-electron chi connectivity index (χ4n) is 2.60. The average Bonchev–Trinajstić information content (AvgIpc) is 2.96. The predicted molar refractivity (Wildman–Crippen MR) is 96.6 cm³/mol. The van der Waals surface area contributed by atoms with Crippen LogP contribution >= 0.6 is 0 Å². The van der Waals surface area contributed by atoms with E-state index in [1.54, 1.807) is 10.7 Å². The topological polar surface area (TPSA) is 86.1 Å². The third kappa shape index (κ3) is 3.32. The van der Waals surface area contributed by atoms with Crippen LogP contribution in [0.2, 0.25) is 0 Å². The minimum Gasteiger partial charge on any atom is -0.464 e. The first-order valence-electron chi connectivity index (χ1n) is 7.99. The first-order valence-corrected chi connectivity index (χ1v) is 7.99. The lowest BCUT2D eigenvalue weighted by Crippen LogP contribution is -2.16. The second-order valence-corrected chi connectivity index (χ2v) is 5.65. The van der Waals surface area contributed by atoms with Gasteiger partial charge in [-0.25, -0.2) is 14.5 Å². The van der Waals surface area contributed by atoms with Crippen LogP contribution in [0, 0.1) is 13.8 Å². The Morgan fingerprint density at radius 1 is 1.00 bits per heavy atom. The lowest BCUT2D eigenvalue weighted by molar-refractivity contribution is 0.0594. The Hall–Kier alpha value is -3.48. The highest BCUT2D eigenvalue weighted by molar-refractivity contribution is 6.04. The monoisotopic (exact) mass is 350 g/mol. The van der Waals surface area contributed by atoms with Crippen LogP contribution in [0.15, 0.2) is 48.5 Å². The largest absolute Gasteiger partial charge is 0.464 e. The van der Waals surface area contributed by atoms with E-state index in [1.165, 1.54) is 19.2 Å². The molecule has 0 saturated carbocycles. The number of ether oxygens (including phenoxy) is 1. The van der Waals surface area contributed by atoms with E-state index >= 15 is 0 Å². The van der Waals surface area contributed by atoms with Crippen LogP contribution in [0.4, 0.5) is 5.69 Å². The first kappa shape index (κ1) is 17.3. The van der Waals surface area contributed by atoms with Crippen molar-refractivity contribution >= 4 is 17.6 Å². The summed E-state index contributed by atoms with van der Waals surface area (Å²) >= 11 is 0. The van der Waals surface area contributed by atoms with Crippen molar-refractivity contribution in [2.24, 2.45) is 0 Å². The number of amides is 1. The molecular formula is C19H18N4O3. The van der Waals surface area contributed by atoms with Crippen LogP contribution in [-0.2, 0) is 4.74 Å². The van der Waals surface area contributed by atoms with Crippen LogP contribution < -0.4 is 5.32 Å². The molecule has 2 aromatic heterocycles. The van der Waals surface area contributed by atoms with Crippen molar-refractivity contribution in [3.05, 3.63) is 71.3 Å². The van der Waals surface area contributed by atoms with Crippen LogP contribution in [0.25, 0.3) is 5.69 Å². The van der Waals surface area contributed by atoms with Gasteiger partial charge in [-0.15, -0.1) is 0 Å². The maximum absolute atomic E-state index is 12.6. The maximum Gasteiger partial charge on any atom is 0.356 e. The molecule has 7 heteroatoms. The van der Waals surface area contributed by atoms with E-state index in [2.05, 4.69) is 20.1 Å². The number of aromatic nitrogens is 3. The van der Waals surface area contributed by atoms with Crippen LogP contribution in [0.5, 0.6) is 0 Å². The highest BCUT2D eigenvalue weighted by atomic mass is 16.5. The van der Waals surface area contributed by atoms with Crippen LogP contribution in [-0.4, -0.2) is 33.8 Å². The summed E-state index contributed by atoms with van der Waals surface area (Å²) in [6.07, 6.45) is 0. The Bertz CT molecular complexity index is 964. The Balaban J connectivity index is 1.89.